The molecule has 0 spiro atoms. The molecule has 2 N–H and O–H groups in total. The van der Waals surface area contributed by atoms with Gasteiger partial charge in [-0.1, -0.05) is 46.6 Å². The maximum atomic E-state index is 13.2. The molecule has 1 aliphatic rings. The van der Waals surface area contributed by atoms with Crippen molar-refractivity contribution in [2.75, 3.05) is 0 Å². The van der Waals surface area contributed by atoms with Crippen molar-refractivity contribution < 1.29 is 4.79 Å². The van der Waals surface area contributed by atoms with Crippen LogP contribution >= 0.6 is 11.6 Å². The largest absolute Gasteiger partial charge is 0.316 e. The monoisotopic (exact) mass is 295 g/mol. The number of carbonyl (C=O) groups excluding carboxylic acids is 1. The third-order valence-corrected chi connectivity index (χ3v) is 6.16. The van der Waals surface area contributed by atoms with Gasteiger partial charge in [0, 0.05) is 5.02 Å². The number of Topliss-reactive ketones (excluding diaryl/α,β-unsaturated/α-hetero) is 1. The lowest BCUT2D eigenvalue weighted by Gasteiger charge is -2.62. The number of carbonyl (C=O) groups is 1. The molecule has 1 aliphatic carbocycles. The molecule has 0 bridgehead atoms. The summed E-state index contributed by atoms with van der Waals surface area (Å²) in [5.74, 6) is 0.0763. The average Bonchev–Trinajstić information content (AvgIpc) is 2.34. The molecule has 0 aromatic heterocycles. The Morgan fingerprint density at radius 1 is 1.05 bits per heavy atom. The van der Waals surface area contributed by atoms with Crippen molar-refractivity contribution in [3.8, 4) is 0 Å². The molecule has 0 amide bonds. The van der Waals surface area contributed by atoms with Crippen LogP contribution < -0.4 is 5.73 Å². The van der Waals surface area contributed by atoms with Crippen molar-refractivity contribution in [1.29, 1.82) is 0 Å². The second kappa shape index (κ2) is 4.76. The molecular formula is C12H20B6ClNO. The zero-order valence-electron chi connectivity index (χ0n) is 13.9. The summed E-state index contributed by atoms with van der Waals surface area (Å²) < 4.78 is 0. The van der Waals surface area contributed by atoms with Gasteiger partial charge >= 0.3 is 0 Å². The minimum atomic E-state index is -1.09. The first-order valence-corrected chi connectivity index (χ1v) is 7.84. The Morgan fingerprint density at radius 3 is 2.10 bits per heavy atom. The van der Waals surface area contributed by atoms with Crippen molar-refractivity contribution in [3.63, 3.8) is 0 Å². The van der Waals surface area contributed by atoms with E-state index in [0.29, 0.717) is 5.02 Å². The molecule has 104 valence electrons. The fourth-order valence-electron chi connectivity index (χ4n) is 4.00. The number of hydrogen-bond donors (Lipinski definition) is 1. The minimum absolute atomic E-state index is 0.0763. The van der Waals surface area contributed by atoms with Crippen molar-refractivity contribution >= 4 is 64.5 Å². The molecular weight excluding hydrogens is 274 g/mol. The molecule has 0 saturated heterocycles. The summed E-state index contributed by atoms with van der Waals surface area (Å²) in [4.78, 5) is 13.2. The van der Waals surface area contributed by atoms with E-state index in [1.807, 2.05) is 40.0 Å². The molecule has 0 heterocycles. The van der Waals surface area contributed by atoms with Crippen LogP contribution in [-0.2, 0) is 10.3 Å². The highest BCUT2D eigenvalue weighted by atomic mass is 35.5. The van der Waals surface area contributed by atoms with E-state index in [1.54, 1.807) is 0 Å². The number of halogens is 1. The van der Waals surface area contributed by atoms with E-state index in [4.69, 9.17) is 17.3 Å². The quantitative estimate of drug-likeness (QED) is 0.549. The van der Waals surface area contributed by atoms with Crippen molar-refractivity contribution in [1.82, 2.24) is 0 Å². The Hall–Kier alpha value is -0.470. The van der Waals surface area contributed by atoms with Crippen LogP contribution in [0.1, 0.15) is 12.0 Å². The van der Waals surface area contributed by atoms with E-state index < -0.39 is 16.0 Å². The normalized spacial score (nSPS) is 29.9. The van der Waals surface area contributed by atoms with Crippen LogP contribution in [0, 0.1) is 0 Å². The van der Waals surface area contributed by atoms with Crippen LogP contribution in [0.25, 0.3) is 0 Å². The van der Waals surface area contributed by atoms with E-state index in [2.05, 4.69) is 31.4 Å². The van der Waals surface area contributed by atoms with Gasteiger partial charge in [0.15, 0.2) is 0 Å². The van der Waals surface area contributed by atoms with Gasteiger partial charge in [0.25, 0.3) is 0 Å². The highest BCUT2D eigenvalue weighted by Crippen LogP contribution is 2.65. The van der Waals surface area contributed by atoms with E-state index >= 15 is 0 Å². The second-order valence-corrected chi connectivity index (χ2v) is 8.59. The van der Waals surface area contributed by atoms with E-state index in [0.717, 1.165) is 12.0 Å². The number of hydrogen-bond acceptors (Lipinski definition) is 2. The predicted octanol–water partition coefficient (Wildman–Crippen LogP) is -3.39. The lowest BCUT2D eigenvalue weighted by Crippen LogP contribution is -2.66. The average molecular weight is 295 g/mol. The van der Waals surface area contributed by atoms with Gasteiger partial charge in [-0.25, -0.2) is 0 Å². The van der Waals surface area contributed by atoms with Gasteiger partial charge in [0.1, 0.15) is 37.2 Å². The lowest BCUT2D eigenvalue weighted by atomic mass is 9.17. The fourth-order valence-corrected chi connectivity index (χ4v) is 4.28. The molecule has 1 aromatic rings. The van der Waals surface area contributed by atoms with Gasteiger partial charge in [-0.15, -0.1) is 0 Å². The Bertz CT molecular complexity index is 605. The van der Waals surface area contributed by atoms with Crippen LogP contribution in [0.5, 0.6) is 0 Å². The summed E-state index contributed by atoms with van der Waals surface area (Å²) in [6.45, 7) is 0. The van der Waals surface area contributed by atoms with Gasteiger partial charge < -0.3 is 5.73 Å². The minimum Gasteiger partial charge on any atom is -0.316 e. The van der Waals surface area contributed by atoms with E-state index in [9.17, 15) is 4.79 Å². The van der Waals surface area contributed by atoms with Crippen molar-refractivity contribution in [2.24, 2.45) is 5.73 Å². The summed E-state index contributed by atoms with van der Waals surface area (Å²) in [5, 5.41) is -0.391. The molecule has 1 saturated carbocycles. The van der Waals surface area contributed by atoms with Crippen LogP contribution in [-0.4, -0.2) is 52.9 Å². The van der Waals surface area contributed by atoms with Crippen LogP contribution in [0.2, 0.25) is 20.7 Å². The Morgan fingerprint density at radius 2 is 1.57 bits per heavy atom. The standard InChI is InChI=1S/C12H20B6ClNO/c13-9(14)5-10(15,16)12(17,18)11(20,8(9)21)6-3-1-2-4-7(6)19/h1-4H,5,13-18,20H2. The Balaban J connectivity index is 2.78. The molecule has 0 radical (unpaired) electrons. The zero-order valence-corrected chi connectivity index (χ0v) is 14.6. The zero-order chi connectivity index (χ0) is 16.3. The third-order valence-electron chi connectivity index (χ3n) is 5.83. The SMILES string of the molecule is BC1(B)CC(B)(B)C(B)(B)C(N)(c2ccccc2Cl)C1=O. The highest BCUT2D eigenvalue weighted by molar-refractivity contribution is 6.61. The van der Waals surface area contributed by atoms with Crippen LogP contribution in [0.4, 0.5) is 0 Å². The maximum Gasteiger partial charge on any atom is 0.146 e. The first-order chi connectivity index (χ1) is 9.38. The lowest BCUT2D eigenvalue weighted by molar-refractivity contribution is -0.128. The number of ketones is 1. The second-order valence-electron chi connectivity index (χ2n) is 8.19. The third kappa shape index (κ3) is 2.17. The molecule has 1 aromatic carbocycles. The molecule has 21 heavy (non-hydrogen) atoms. The molecule has 0 aliphatic heterocycles. The molecule has 2 rings (SSSR count). The molecule has 1 atom stereocenters. The van der Waals surface area contributed by atoms with E-state index in [-0.39, 0.29) is 11.0 Å². The molecule has 1 unspecified atom stereocenters. The summed E-state index contributed by atoms with van der Waals surface area (Å²) in [5.41, 5.74) is 6.47. The van der Waals surface area contributed by atoms with Crippen LogP contribution in [0.15, 0.2) is 24.3 Å². The van der Waals surface area contributed by atoms with Crippen LogP contribution in [0.3, 0.4) is 0 Å². The molecule has 1 fully saturated rings. The Kier molecular flexibility index (Phi) is 3.83. The predicted molar refractivity (Wildman–Crippen MR) is 106 cm³/mol. The smallest absolute Gasteiger partial charge is 0.146 e. The highest BCUT2D eigenvalue weighted by Gasteiger charge is 2.63. The molecule has 9 heteroatoms. The van der Waals surface area contributed by atoms with E-state index in [1.165, 1.54) is 0 Å². The summed E-state index contributed by atoms with van der Waals surface area (Å²) >= 11 is 6.39. The van der Waals surface area contributed by atoms with Gasteiger partial charge in [0.2, 0.25) is 0 Å². The fraction of sp³-hybridized carbons (Fsp3) is 0.417. The summed E-state index contributed by atoms with van der Waals surface area (Å²) in [6.07, 6.45) is 0.815. The topological polar surface area (TPSA) is 43.1 Å². The first-order valence-electron chi connectivity index (χ1n) is 7.47. The maximum absolute atomic E-state index is 13.2. The van der Waals surface area contributed by atoms with Gasteiger partial charge in [-0.2, -0.15) is 0 Å². The van der Waals surface area contributed by atoms with Crippen molar-refractivity contribution in [2.45, 2.75) is 27.6 Å². The van der Waals surface area contributed by atoms with Gasteiger partial charge in [0.05, 0.1) is 21.2 Å². The number of nitrogens with two attached hydrogens (primary N) is 1. The summed E-state index contributed by atoms with van der Waals surface area (Å²) in [7, 11) is 12.5. The van der Waals surface area contributed by atoms with Crippen molar-refractivity contribution in [3.05, 3.63) is 34.9 Å². The number of benzene rings is 1. The van der Waals surface area contributed by atoms with Gasteiger partial charge in [-0.05, 0) is 16.8 Å². The summed E-state index contributed by atoms with van der Waals surface area (Å²) in [6, 6.07) is 7.46. The number of rotatable bonds is 1. The first kappa shape index (κ1) is 16.9. The molecule has 2 nitrogen and oxygen atoms in total. The Labute approximate surface area is 137 Å². The van der Waals surface area contributed by atoms with Gasteiger partial charge in [-0.3, -0.25) is 4.79 Å².